The Labute approximate surface area is 178 Å². The normalized spacial score (nSPS) is 21.5. The Hall–Kier alpha value is -3.46. The van der Waals surface area contributed by atoms with Gasteiger partial charge in [-0.1, -0.05) is 6.92 Å². The Balaban J connectivity index is 1.46. The smallest absolute Gasteiger partial charge is 0.260 e. The minimum absolute atomic E-state index is 0.235. The Bertz CT molecular complexity index is 1260. The van der Waals surface area contributed by atoms with Gasteiger partial charge in [-0.05, 0) is 43.4 Å². The lowest BCUT2D eigenvalue weighted by molar-refractivity contribution is 0.0574. The van der Waals surface area contributed by atoms with Crippen LogP contribution in [0.4, 0.5) is 5.82 Å². The topological polar surface area (TPSA) is 107 Å². The van der Waals surface area contributed by atoms with E-state index in [1.807, 2.05) is 16.9 Å². The third-order valence-corrected chi connectivity index (χ3v) is 6.08. The Morgan fingerprint density at radius 3 is 3.00 bits per heavy atom. The molecule has 1 aliphatic rings. The molecule has 1 fully saturated rings. The van der Waals surface area contributed by atoms with Crippen LogP contribution in [0.15, 0.2) is 42.9 Å². The average Bonchev–Trinajstić information content (AvgIpc) is 3.38. The molecule has 1 saturated carbocycles. The largest absolute Gasteiger partial charge is 0.496 e. The number of nitrogens with zero attached hydrogens (tertiary/aromatic N) is 5. The molecule has 1 amide bonds. The fraction of sp³-hybridized carbons (Fsp3) is 0.364. The molecule has 31 heavy (non-hydrogen) atoms. The van der Waals surface area contributed by atoms with E-state index in [0.717, 1.165) is 30.2 Å². The van der Waals surface area contributed by atoms with Crippen LogP contribution in [-0.2, 0) is 0 Å². The van der Waals surface area contributed by atoms with Crippen LogP contribution in [0, 0.1) is 5.92 Å². The first-order valence-corrected chi connectivity index (χ1v) is 10.4. The molecular formula is C22H24N6O3. The van der Waals surface area contributed by atoms with Gasteiger partial charge in [-0.3, -0.25) is 9.48 Å². The molecule has 3 aromatic heterocycles. The molecule has 0 bridgehead atoms. The maximum atomic E-state index is 13.1. The van der Waals surface area contributed by atoms with Gasteiger partial charge in [-0.2, -0.15) is 14.7 Å². The second-order valence-electron chi connectivity index (χ2n) is 8.12. The van der Waals surface area contributed by atoms with Crippen LogP contribution in [-0.4, -0.2) is 48.6 Å². The van der Waals surface area contributed by atoms with Crippen molar-refractivity contribution in [2.24, 2.45) is 5.92 Å². The van der Waals surface area contributed by atoms with Crippen molar-refractivity contribution in [3.05, 3.63) is 48.4 Å². The van der Waals surface area contributed by atoms with Crippen molar-refractivity contribution in [2.45, 2.75) is 38.3 Å². The molecular weight excluding hydrogens is 396 g/mol. The van der Waals surface area contributed by atoms with Crippen LogP contribution in [0.3, 0.4) is 0 Å². The van der Waals surface area contributed by atoms with Crippen LogP contribution < -0.4 is 10.1 Å². The van der Waals surface area contributed by atoms with Crippen LogP contribution in [0.25, 0.3) is 16.6 Å². The zero-order valence-electron chi connectivity index (χ0n) is 17.4. The van der Waals surface area contributed by atoms with E-state index in [9.17, 15) is 9.90 Å². The molecule has 0 spiro atoms. The molecule has 3 heterocycles. The van der Waals surface area contributed by atoms with E-state index in [1.54, 1.807) is 35.1 Å². The molecule has 160 valence electrons. The SMILES string of the molecule is COc1cc2nn([C@@H]3CC[C@@H](O)[C@@H](C)C3)cc2cc1C(=O)Nc1cnc2cccnn12. The number of ether oxygens (including phenoxy) is 1. The number of aliphatic hydroxyl groups is 1. The van der Waals surface area contributed by atoms with E-state index in [-0.39, 0.29) is 24.0 Å². The Morgan fingerprint density at radius 2 is 2.19 bits per heavy atom. The van der Waals surface area contributed by atoms with Gasteiger partial charge in [0.2, 0.25) is 0 Å². The predicted molar refractivity (Wildman–Crippen MR) is 115 cm³/mol. The molecule has 9 nitrogen and oxygen atoms in total. The summed E-state index contributed by atoms with van der Waals surface area (Å²) in [5.74, 6) is 0.854. The highest BCUT2D eigenvalue weighted by Gasteiger charge is 2.28. The monoisotopic (exact) mass is 420 g/mol. The molecule has 2 N–H and O–H groups in total. The van der Waals surface area contributed by atoms with Gasteiger partial charge < -0.3 is 15.2 Å². The number of benzene rings is 1. The van der Waals surface area contributed by atoms with Crippen molar-refractivity contribution in [1.82, 2.24) is 24.4 Å². The third-order valence-electron chi connectivity index (χ3n) is 6.08. The van der Waals surface area contributed by atoms with Gasteiger partial charge in [-0.25, -0.2) is 4.98 Å². The highest BCUT2D eigenvalue weighted by atomic mass is 16.5. The van der Waals surface area contributed by atoms with E-state index in [1.165, 1.54) is 7.11 Å². The average molecular weight is 420 g/mol. The summed E-state index contributed by atoms with van der Waals surface area (Å²) in [5, 5.41) is 22.7. The number of nitrogens with one attached hydrogen (secondary N) is 1. The van der Waals surface area contributed by atoms with Crippen molar-refractivity contribution in [2.75, 3.05) is 12.4 Å². The summed E-state index contributed by atoms with van der Waals surface area (Å²) in [6, 6.07) is 7.42. The van der Waals surface area contributed by atoms with Crippen LogP contribution >= 0.6 is 0 Å². The number of carbonyl (C=O) groups is 1. The Morgan fingerprint density at radius 1 is 1.32 bits per heavy atom. The zero-order valence-corrected chi connectivity index (χ0v) is 17.4. The number of anilines is 1. The standard InChI is InChI=1S/C22H24N6O3/c1-13-8-15(5-6-18(13)29)27-12-14-9-16(19(31-2)10-17(14)26-27)22(30)25-21-11-23-20-4-3-7-24-28(20)21/h3-4,7,9-13,15,18,29H,5-6,8H2,1-2H3,(H,25,30)/t13-,15+,18+/m0/s1. The molecule has 1 aliphatic carbocycles. The summed E-state index contributed by atoms with van der Waals surface area (Å²) >= 11 is 0. The fourth-order valence-electron chi connectivity index (χ4n) is 4.30. The van der Waals surface area contributed by atoms with Gasteiger partial charge in [0, 0.05) is 23.8 Å². The van der Waals surface area contributed by atoms with Gasteiger partial charge in [0.05, 0.1) is 36.5 Å². The summed E-state index contributed by atoms with van der Waals surface area (Å²) in [5.41, 5.74) is 1.82. The Kier molecular flexibility index (Phi) is 4.82. The first-order chi connectivity index (χ1) is 15.0. The van der Waals surface area contributed by atoms with E-state index in [0.29, 0.717) is 22.8 Å². The number of hydrogen-bond donors (Lipinski definition) is 2. The van der Waals surface area contributed by atoms with Gasteiger partial charge in [0.1, 0.15) is 5.75 Å². The van der Waals surface area contributed by atoms with Crippen molar-refractivity contribution in [1.29, 1.82) is 0 Å². The van der Waals surface area contributed by atoms with Crippen molar-refractivity contribution >= 4 is 28.3 Å². The lowest BCUT2D eigenvalue weighted by Crippen LogP contribution is -2.28. The summed E-state index contributed by atoms with van der Waals surface area (Å²) in [6.07, 6.45) is 7.46. The molecule has 9 heteroatoms. The first-order valence-electron chi connectivity index (χ1n) is 10.4. The van der Waals surface area contributed by atoms with Crippen LogP contribution in [0.2, 0.25) is 0 Å². The van der Waals surface area contributed by atoms with Crippen molar-refractivity contribution < 1.29 is 14.6 Å². The second kappa shape index (κ2) is 7.66. The number of aliphatic hydroxyl groups excluding tert-OH is 1. The number of imidazole rings is 1. The molecule has 3 atom stereocenters. The molecule has 5 rings (SSSR count). The lowest BCUT2D eigenvalue weighted by Gasteiger charge is -2.31. The van der Waals surface area contributed by atoms with E-state index in [2.05, 4.69) is 22.3 Å². The molecule has 4 aromatic rings. The quantitative estimate of drug-likeness (QED) is 0.526. The fourth-order valence-corrected chi connectivity index (χ4v) is 4.30. The molecule has 0 aliphatic heterocycles. The number of carbonyl (C=O) groups excluding carboxylic acids is 1. The molecule has 1 aromatic carbocycles. The van der Waals surface area contributed by atoms with E-state index in [4.69, 9.17) is 9.84 Å². The van der Waals surface area contributed by atoms with E-state index < -0.39 is 0 Å². The second-order valence-corrected chi connectivity index (χ2v) is 8.12. The van der Waals surface area contributed by atoms with E-state index >= 15 is 0 Å². The van der Waals surface area contributed by atoms with Crippen LogP contribution in [0.1, 0.15) is 42.6 Å². The minimum Gasteiger partial charge on any atom is -0.496 e. The van der Waals surface area contributed by atoms with Crippen molar-refractivity contribution in [3.8, 4) is 5.75 Å². The summed E-state index contributed by atoms with van der Waals surface area (Å²) in [6.45, 7) is 2.07. The number of hydrogen-bond acceptors (Lipinski definition) is 6. The molecule has 0 unspecified atom stereocenters. The summed E-state index contributed by atoms with van der Waals surface area (Å²) < 4.78 is 9.02. The highest BCUT2D eigenvalue weighted by Crippen LogP contribution is 2.34. The maximum Gasteiger partial charge on any atom is 0.260 e. The highest BCUT2D eigenvalue weighted by molar-refractivity contribution is 6.08. The number of rotatable bonds is 4. The number of aromatic nitrogens is 5. The van der Waals surface area contributed by atoms with Crippen molar-refractivity contribution in [3.63, 3.8) is 0 Å². The first kappa shape index (κ1) is 19.5. The number of methoxy groups -OCH3 is 1. The molecule has 0 radical (unpaired) electrons. The summed E-state index contributed by atoms with van der Waals surface area (Å²) in [4.78, 5) is 17.3. The molecule has 0 saturated heterocycles. The van der Waals surface area contributed by atoms with Gasteiger partial charge in [0.25, 0.3) is 5.91 Å². The van der Waals surface area contributed by atoms with Crippen LogP contribution in [0.5, 0.6) is 5.75 Å². The number of fused-ring (bicyclic) bond motifs is 2. The lowest BCUT2D eigenvalue weighted by atomic mass is 9.85. The minimum atomic E-state index is -0.312. The van der Waals surface area contributed by atoms with Gasteiger partial charge >= 0.3 is 0 Å². The zero-order chi connectivity index (χ0) is 21.5. The van der Waals surface area contributed by atoms with Gasteiger partial charge in [0.15, 0.2) is 11.5 Å². The third kappa shape index (κ3) is 3.50. The van der Waals surface area contributed by atoms with Gasteiger partial charge in [-0.15, -0.1) is 0 Å². The predicted octanol–water partition coefficient (Wildman–Crippen LogP) is 3.06. The number of amides is 1. The maximum absolute atomic E-state index is 13.1. The summed E-state index contributed by atoms with van der Waals surface area (Å²) in [7, 11) is 1.54.